The zero-order valence-electron chi connectivity index (χ0n) is 10.3. The molecule has 0 atom stereocenters. The van der Waals surface area contributed by atoms with Gasteiger partial charge in [0.2, 0.25) is 0 Å². The maximum absolute atomic E-state index is 10.7. The largest absolute Gasteiger partial charge is 0.326 e. The molecule has 0 saturated heterocycles. The fourth-order valence-corrected chi connectivity index (χ4v) is 1.93. The molecule has 0 amide bonds. The van der Waals surface area contributed by atoms with Crippen LogP contribution in [0.15, 0.2) is 0 Å². The molecule has 0 fully saturated rings. The quantitative estimate of drug-likeness (QED) is 0.461. The van der Waals surface area contributed by atoms with Crippen LogP contribution in [0.1, 0.15) is 27.7 Å². The molecule has 0 aromatic carbocycles. The van der Waals surface area contributed by atoms with E-state index in [1.54, 1.807) is 9.80 Å². The monoisotopic (exact) mass is 256 g/mol. The van der Waals surface area contributed by atoms with E-state index in [0.29, 0.717) is 26.2 Å². The lowest BCUT2D eigenvalue weighted by atomic mass is 10.4. The van der Waals surface area contributed by atoms with Crippen molar-refractivity contribution in [2.24, 2.45) is 0 Å². The SMILES string of the molecule is CCN(CC)C(O[Cl+3]([O-])([O-])[O-])N(CC)CC. The molecule has 0 aromatic heterocycles. The van der Waals surface area contributed by atoms with Crippen molar-refractivity contribution in [3.8, 4) is 0 Å². The number of nitrogens with zero attached hydrogens (tertiary/aromatic N) is 2. The van der Waals surface area contributed by atoms with Gasteiger partial charge in [0.25, 0.3) is 0 Å². The van der Waals surface area contributed by atoms with Crippen LogP contribution in [0, 0.1) is 10.2 Å². The van der Waals surface area contributed by atoms with E-state index >= 15 is 0 Å². The summed E-state index contributed by atoms with van der Waals surface area (Å²) in [7, 11) is -4.41. The summed E-state index contributed by atoms with van der Waals surface area (Å²) in [4.78, 5) is 3.55. The Labute approximate surface area is 99.1 Å². The van der Waals surface area contributed by atoms with Crippen LogP contribution in [0.4, 0.5) is 0 Å². The van der Waals surface area contributed by atoms with Crippen LogP contribution in [-0.4, -0.2) is 42.3 Å². The normalized spacial score (nSPS) is 13.1. The van der Waals surface area contributed by atoms with Gasteiger partial charge in [0.1, 0.15) is 4.29 Å². The van der Waals surface area contributed by atoms with Crippen molar-refractivity contribution in [3.63, 3.8) is 0 Å². The zero-order chi connectivity index (χ0) is 12.8. The summed E-state index contributed by atoms with van der Waals surface area (Å²) in [5.41, 5.74) is 0. The molecule has 0 radical (unpaired) electrons. The molecule has 0 aromatic rings. The minimum Gasteiger partial charge on any atom is -0.252 e. The smallest absolute Gasteiger partial charge is 0.252 e. The van der Waals surface area contributed by atoms with E-state index in [4.69, 9.17) is 0 Å². The summed E-state index contributed by atoms with van der Waals surface area (Å²) in [5.74, 6) is 0. The third-order valence-corrected chi connectivity index (χ3v) is 2.82. The van der Waals surface area contributed by atoms with Gasteiger partial charge in [0, 0.05) is 0 Å². The molecule has 0 aliphatic rings. The Morgan fingerprint density at radius 1 is 0.875 bits per heavy atom. The molecule has 0 rings (SSSR count). The number of hydrogen-bond donors (Lipinski definition) is 0. The minimum absolute atomic E-state index is 0.614. The zero-order valence-corrected chi connectivity index (χ0v) is 11.1. The first-order chi connectivity index (χ1) is 7.39. The molecule has 0 aliphatic heterocycles. The number of halogens is 1. The van der Waals surface area contributed by atoms with E-state index in [-0.39, 0.29) is 0 Å². The van der Waals surface area contributed by atoms with Gasteiger partial charge in [-0.25, -0.2) is 0 Å². The molecule has 0 heterocycles. The Morgan fingerprint density at radius 3 is 1.38 bits per heavy atom. The second kappa shape index (κ2) is 7.39. The Bertz CT molecular complexity index is 169. The fourth-order valence-electron chi connectivity index (χ4n) is 1.51. The van der Waals surface area contributed by atoms with Crippen molar-refractivity contribution in [3.05, 3.63) is 0 Å². The lowest BCUT2D eigenvalue weighted by Gasteiger charge is -2.33. The van der Waals surface area contributed by atoms with E-state index < -0.39 is 16.6 Å². The molecular formula is C9H21ClN2O4. The third kappa shape index (κ3) is 5.40. The summed E-state index contributed by atoms with van der Waals surface area (Å²) in [6, 6.07) is 0. The number of rotatable bonds is 8. The van der Waals surface area contributed by atoms with Gasteiger partial charge in [-0.15, -0.1) is 0 Å². The molecule has 6 nitrogen and oxygen atoms in total. The van der Waals surface area contributed by atoms with E-state index in [2.05, 4.69) is 4.29 Å². The second-order valence-electron chi connectivity index (χ2n) is 3.24. The highest BCUT2D eigenvalue weighted by Crippen LogP contribution is 2.10. The van der Waals surface area contributed by atoms with Crippen molar-refractivity contribution < 1.29 is 28.5 Å². The van der Waals surface area contributed by atoms with Gasteiger partial charge in [-0.3, -0.25) is 9.80 Å². The van der Waals surface area contributed by atoms with Gasteiger partial charge in [-0.05, 0) is 26.2 Å². The van der Waals surface area contributed by atoms with Gasteiger partial charge >= 0.3 is 6.35 Å². The average molecular weight is 257 g/mol. The topological polar surface area (TPSA) is 84.9 Å². The first-order valence-corrected chi connectivity index (χ1v) is 6.70. The van der Waals surface area contributed by atoms with Crippen LogP contribution in [0.3, 0.4) is 0 Å². The molecule has 7 heteroatoms. The van der Waals surface area contributed by atoms with Crippen LogP contribution in [0.5, 0.6) is 0 Å². The molecular weight excluding hydrogens is 236 g/mol. The molecule has 0 N–H and O–H groups in total. The molecule has 0 aliphatic carbocycles. The van der Waals surface area contributed by atoms with Crippen LogP contribution in [-0.2, 0) is 4.29 Å². The summed E-state index contributed by atoms with van der Waals surface area (Å²) in [5, 5.41) is 0. The van der Waals surface area contributed by atoms with E-state index in [1.807, 2.05) is 27.7 Å². The van der Waals surface area contributed by atoms with E-state index in [0.717, 1.165) is 0 Å². The van der Waals surface area contributed by atoms with Gasteiger partial charge in [-0.1, -0.05) is 27.7 Å². The highest BCUT2D eigenvalue weighted by Gasteiger charge is 2.36. The first kappa shape index (κ1) is 16.1. The first-order valence-electron chi connectivity index (χ1n) is 5.46. The predicted octanol–water partition coefficient (Wildman–Crippen LogP) is -2.13. The second-order valence-corrected chi connectivity index (χ2v) is 4.17. The molecule has 0 spiro atoms. The maximum Gasteiger partial charge on any atom is 0.326 e. The predicted molar refractivity (Wildman–Crippen MR) is 50.7 cm³/mol. The van der Waals surface area contributed by atoms with Crippen molar-refractivity contribution in [2.45, 2.75) is 34.0 Å². The summed E-state index contributed by atoms with van der Waals surface area (Å²) in [6.45, 7) is 10.0. The van der Waals surface area contributed by atoms with Crippen LogP contribution >= 0.6 is 0 Å². The van der Waals surface area contributed by atoms with E-state index in [1.165, 1.54) is 0 Å². The Morgan fingerprint density at radius 2 is 1.19 bits per heavy atom. The molecule has 0 saturated carbocycles. The van der Waals surface area contributed by atoms with Crippen molar-refractivity contribution in [1.29, 1.82) is 0 Å². The Balaban J connectivity index is 4.73. The van der Waals surface area contributed by atoms with Gasteiger partial charge < -0.3 is 0 Å². The standard InChI is InChI=1S/C9H21ClN2O4/c1-5-11(6-2)9(12(7-3)8-4)16-10(13,14)15/h9H,5-8H2,1-4H3. The van der Waals surface area contributed by atoms with Crippen molar-refractivity contribution in [2.75, 3.05) is 26.2 Å². The number of hydrogen-bond acceptors (Lipinski definition) is 6. The third-order valence-electron chi connectivity index (χ3n) is 2.44. The Hall–Kier alpha value is 0.0500. The van der Waals surface area contributed by atoms with Crippen molar-refractivity contribution >= 4 is 0 Å². The van der Waals surface area contributed by atoms with Gasteiger partial charge in [0.15, 0.2) is 0 Å². The fraction of sp³-hybridized carbons (Fsp3) is 1.00. The highest BCUT2D eigenvalue weighted by molar-refractivity contribution is 4.60. The molecule has 16 heavy (non-hydrogen) atoms. The summed E-state index contributed by atoms with van der Waals surface area (Å²) >= 11 is 0. The van der Waals surface area contributed by atoms with Crippen molar-refractivity contribution in [1.82, 2.24) is 9.80 Å². The molecule has 0 bridgehead atoms. The van der Waals surface area contributed by atoms with Crippen LogP contribution in [0.25, 0.3) is 0 Å². The summed E-state index contributed by atoms with van der Waals surface area (Å²) in [6.07, 6.45) is -0.811. The van der Waals surface area contributed by atoms with E-state index in [9.17, 15) is 14.0 Å². The minimum atomic E-state index is -4.41. The van der Waals surface area contributed by atoms with Crippen LogP contribution in [0.2, 0.25) is 0 Å². The molecule has 0 unspecified atom stereocenters. The average Bonchev–Trinajstić information content (AvgIpc) is 2.19. The van der Waals surface area contributed by atoms with Gasteiger partial charge in [-0.2, -0.15) is 14.0 Å². The lowest BCUT2D eigenvalue weighted by Crippen LogP contribution is -2.66. The molecule has 98 valence electrons. The lowest BCUT2D eigenvalue weighted by molar-refractivity contribution is -1.92. The maximum atomic E-state index is 10.7. The highest BCUT2D eigenvalue weighted by atomic mass is 35.7. The summed E-state index contributed by atoms with van der Waals surface area (Å²) < 4.78 is 36.5. The van der Waals surface area contributed by atoms with Crippen LogP contribution < -0.4 is 14.0 Å². The Kier molecular flexibility index (Phi) is 7.41. The van der Waals surface area contributed by atoms with Gasteiger partial charge in [0.05, 0.1) is 10.2 Å².